The molecular formula is C27H40N6O6S. The molecule has 1 aromatic carbocycles. The number of aromatic nitrogens is 1. The molecule has 0 aliphatic carbocycles. The lowest BCUT2D eigenvalue weighted by atomic mass is 10.0. The van der Waals surface area contributed by atoms with Crippen molar-refractivity contribution in [3.63, 3.8) is 0 Å². The number of primary amides is 1. The molecule has 0 saturated heterocycles. The van der Waals surface area contributed by atoms with E-state index in [4.69, 9.17) is 11.5 Å². The molecule has 4 amide bonds. The van der Waals surface area contributed by atoms with Crippen LogP contribution in [0.5, 0.6) is 0 Å². The summed E-state index contributed by atoms with van der Waals surface area (Å²) in [6.07, 6.45) is 3.96. The number of carbonyl (C=O) groups excluding carboxylic acids is 4. The Morgan fingerprint density at radius 2 is 1.55 bits per heavy atom. The van der Waals surface area contributed by atoms with Crippen molar-refractivity contribution >= 4 is 52.3 Å². The van der Waals surface area contributed by atoms with Crippen molar-refractivity contribution < 1.29 is 29.1 Å². The lowest BCUT2D eigenvalue weighted by Crippen LogP contribution is -2.57. The maximum atomic E-state index is 13.3. The van der Waals surface area contributed by atoms with Crippen molar-refractivity contribution in [2.75, 3.05) is 12.0 Å². The van der Waals surface area contributed by atoms with Crippen molar-refractivity contribution in [2.45, 2.75) is 70.1 Å². The molecule has 0 bridgehead atoms. The molecule has 12 nitrogen and oxygen atoms in total. The summed E-state index contributed by atoms with van der Waals surface area (Å²) in [4.78, 5) is 65.5. The lowest BCUT2D eigenvalue weighted by Gasteiger charge is -2.25. The molecule has 2 rings (SSSR count). The van der Waals surface area contributed by atoms with Gasteiger partial charge in [0.05, 0.1) is 6.04 Å². The van der Waals surface area contributed by atoms with Gasteiger partial charge >= 0.3 is 5.97 Å². The van der Waals surface area contributed by atoms with Gasteiger partial charge in [0.1, 0.15) is 18.1 Å². The molecule has 13 heteroatoms. The Bertz CT molecular complexity index is 1190. The summed E-state index contributed by atoms with van der Waals surface area (Å²) < 4.78 is 0. The van der Waals surface area contributed by atoms with E-state index in [0.29, 0.717) is 5.75 Å². The molecule has 4 unspecified atom stereocenters. The van der Waals surface area contributed by atoms with Gasteiger partial charge in [-0.25, -0.2) is 4.79 Å². The highest BCUT2D eigenvalue weighted by atomic mass is 32.2. The first-order chi connectivity index (χ1) is 18.9. The second-order valence-electron chi connectivity index (χ2n) is 10.1. The van der Waals surface area contributed by atoms with Crippen LogP contribution in [-0.4, -0.2) is 75.9 Å². The number of thioether (sulfide) groups is 1. The van der Waals surface area contributed by atoms with Gasteiger partial charge in [0.25, 0.3) is 0 Å². The molecule has 9 N–H and O–H groups in total. The van der Waals surface area contributed by atoms with Crippen LogP contribution in [-0.2, 0) is 30.4 Å². The molecule has 40 heavy (non-hydrogen) atoms. The molecular weight excluding hydrogens is 536 g/mol. The van der Waals surface area contributed by atoms with Gasteiger partial charge in [0, 0.05) is 23.5 Å². The van der Waals surface area contributed by atoms with E-state index in [0.717, 1.165) is 16.5 Å². The Kier molecular flexibility index (Phi) is 12.9. The summed E-state index contributed by atoms with van der Waals surface area (Å²) in [5, 5.41) is 18.1. The number of fused-ring (bicyclic) bond motifs is 1. The highest BCUT2D eigenvalue weighted by molar-refractivity contribution is 7.98. The number of amides is 4. The molecule has 0 aliphatic heterocycles. The summed E-state index contributed by atoms with van der Waals surface area (Å²) in [5.41, 5.74) is 13.2. The van der Waals surface area contributed by atoms with Crippen molar-refractivity contribution in [1.29, 1.82) is 0 Å². The van der Waals surface area contributed by atoms with Gasteiger partial charge < -0.3 is 37.5 Å². The normalized spacial score (nSPS) is 14.2. The van der Waals surface area contributed by atoms with Crippen LogP contribution in [0.3, 0.4) is 0 Å². The number of H-pyrrole nitrogens is 1. The maximum absolute atomic E-state index is 13.3. The van der Waals surface area contributed by atoms with Crippen LogP contribution in [0.15, 0.2) is 30.5 Å². The van der Waals surface area contributed by atoms with Crippen LogP contribution in [0.2, 0.25) is 0 Å². The quantitative estimate of drug-likeness (QED) is 0.142. The number of para-hydroxylation sites is 1. The summed E-state index contributed by atoms with van der Waals surface area (Å²) >= 11 is 1.45. The first-order valence-corrected chi connectivity index (χ1v) is 14.5. The third-order valence-electron chi connectivity index (χ3n) is 6.33. The summed E-state index contributed by atoms with van der Waals surface area (Å²) in [5.74, 6) is -3.27. The van der Waals surface area contributed by atoms with Crippen LogP contribution < -0.4 is 27.4 Å². The van der Waals surface area contributed by atoms with Crippen LogP contribution in [0, 0.1) is 5.92 Å². The molecule has 0 fully saturated rings. The number of rotatable bonds is 17. The lowest BCUT2D eigenvalue weighted by molar-refractivity contribution is -0.142. The Hall–Kier alpha value is -3.58. The van der Waals surface area contributed by atoms with Crippen LogP contribution >= 0.6 is 11.8 Å². The van der Waals surface area contributed by atoms with E-state index in [1.54, 1.807) is 6.20 Å². The number of carbonyl (C=O) groups is 5. The number of carboxylic acid groups (broad SMARTS) is 1. The maximum Gasteiger partial charge on any atom is 0.326 e. The minimum absolute atomic E-state index is 0.0162. The topological polar surface area (TPSA) is 209 Å². The highest BCUT2D eigenvalue weighted by Gasteiger charge is 2.30. The fourth-order valence-electron chi connectivity index (χ4n) is 4.21. The molecule has 1 heterocycles. The number of nitrogens with one attached hydrogen (secondary N) is 4. The zero-order valence-electron chi connectivity index (χ0n) is 23.1. The Morgan fingerprint density at radius 3 is 2.15 bits per heavy atom. The van der Waals surface area contributed by atoms with E-state index in [9.17, 15) is 29.1 Å². The number of nitrogens with two attached hydrogens (primary N) is 2. The summed E-state index contributed by atoms with van der Waals surface area (Å²) in [7, 11) is 0. The van der Waals surface area contributed by atoms with E-state index in [-0.39, 0.29) is 38.0 Å². The van der Waals surface area contributed by atoms with Crippen LogP contribution in [0.4, 0.5) is 0 Å². The van der Waals surface area contributed by atoms with Gasteiger partial charge in [0.15, 0.2) is 0 Å². The van der Waals surface area contributed by atoms with E-state index in [1.807, 2.05) is 44.4 Å². The van der Waals surface area contributed by atoms with Crippen LogP contribution in [0.1, 0.15) is 45.1 Å². The number of hydrogen-bond donors (Lipinski definition) is 7. The number of carboxylic acids is 1. The van der Waals surface area contributed by atoms with Gasteiger partial charge in [-0.2, -0.15) is 11.8 Å². The SMILES string of the molecule is CSCCC(NC(=O)C(CCC(N)=O)NC(=O)C(N)Cc1c[nH]c2ccccc12)C(=O)NC(CC(C)C)C(=O)O. The van der Waals surface area contributed by atoms with Crippen molar-refractivity contribution in [2.24, 2.45) is 17.4 Å². The third kappa shape index (κ3) is 10.2. The molecule has 0 saturated carbocycles. The number of benzene rings is 1. The monoisotopic (exact) mass is 576 g/mol. The smallest absolute Gasteiger partial charge is 0.326 e. The molecule has 220 valence electrons. The molecule has 0 radical (unpaired) electrons. The first-order valence-electron chi connectivity index (χ1n) is 13.1. The average Bonchev–Trinajstić information content (AvgIpc) is 3.30. The zero-order valence-corrected chi connectivity index (χ0v) is 23.9. The zero-order chi connectivity index (χ0) is 29.8. The Labute approximate surface area is 237 Å². The second-order valence-corrected chi connectivity index (χ2v) is 11.1. The van der Waals surface area contributed by atoms with E-state index >= 15 is 0 Å². The molecule has 4 atom stereocenters. The summed E-state index contributed by atoms with van der Waals surface area (Å²) in [6, 6.07) is 3.22. The number of aromatic amines is 1. The van der Waals surface area contributed by atoms with E-state index < -0.39 is 53.8 Å². The fraction of sp³-hybridized carbons (Fsp3) is 0.519. The minimum atomic E-state index is -1.19. The van der Waals surface area contributed by atoms with Crippen molar-refractivity contribution in [3.8, 4) is 0 Å². The minimum Gasteiger partial charge on any atom is -0.480 e. The Morgan fingerprint density at radius 1 is 0.950 bits per heavy atom. The second kappa shape index (κ2) is 15.9. The predicted octanol–water partition coefficient (Wildman–Crippen LogP) is 0.641. The molecule has 1 aromatic heterocycles. The largest absolute Gasteiger partial charge is 0.480 e. The Balaban J connectivity index is 2.14. The first kappa shape index (κ1) is 32.6. The molecule has 0 spiro atoms. The van der Waals surface area contributed by atoms with Crippen LogP contribution in [0.25, 0.3) is 10.9 Å². The van der Waals surface area contributed by atoms with Gasteiger partial charge in [0.2, 0.25) is 23.6 Å². The van der Waals surface area contributed by atoms with Gasteiger partial charge in [-0.1, -0.05) is 32.0 Å². The standard InChI is InChI=1S/C27H40N6O6S/c1-15(2)12-22(27(38)39)33-26(37)21(10-11-40-3)32-25(36)20(8-9-23(29)34)31-24(35)18(28)13-16-14-30-19-7-5-4-6-17(16)19/h4-7,14-15,18,20-22,30H,8-13,28H2,1-3H3,(H2,29,34)(H,31,35)(H,32,36)(H,33,37)(H,38,39). The highest BCUT2D eigenvalue weighted by Crippen LogP contribution is 2.19. The number of aliphatic carboxylic acids is 1. The van der Waals surface area contributed by atoms with E-state index in [2.05, 4.69) is 20.9 Å². The van der Waals surface area contributed by atoms with E-state index in [1.165, 1.54) is 11.8 Å². The van der Waals surface area contributed by atoms with Crippen molar-refractivity contribution in [3.05, 3.63) is 36.0 Å². The van der Waals surface area contributed by atoms with Gasteiger partial charge in [-0.3, -0.25) is 19.2 Å². The average molecular weight is 577 g/mol. The third-order valence-corrected chi connectivity index (χ3v) is 6.97. The number of hydrogen-bond acceptors (Lipinski definition) is 7. The van der Waals surface area contributed by atoms with Crippen molar-refractivity contribution in [1.82, 2.24) is 20.9 Å². The van der Waals surface area contributed by atoms with Gasteiger partial charge in [-0.05, 0) is 55.2 Å². The van der Waals surface area contributed by atoms with Gasteiger partial charge in [-0.15, -0.1) is 0 Å². The molecule has 0 aliphatic rings. The summed E-state index contributed by atoms with van der Waals surface area (Å²) in [6.45, 7) is 3.68. The molecule has 2 aromatic rings. The fourth-order valence-corrected chi connectivity index (χ4v) is 4.68. The predicted molar refractivity (Wildman–Crippen MR) is 154 cm³/mol.